The Kier molecular flexibility index (Phi) is 4.80. The molecule has 18 heavy (non-hydrogen) atoms. The van der Waals surface area contributed by atoms with Gasteiger partial charge in [0, 0.05) is 20.1 Å². The summed E-state index contributed by atoms with van der Waals surface area (Å²) in [6.07, 6.45) is 1.09. The van der Waals surface area contributed by atoms with Crippen LogP contribution in [0.4, 0.5) is 16.2 Å². The van der Waals surface area contributed by atoms with Crippen molar-refractivity contribution in [3.63, 3.8) is 0 Å². The lowest BCUT2D eigenvalue weighted by atomic mass is 10.1. The molecule has 0 bridgehead atoms. The van der Waals surface area contributed by atoms with Gasteiger partial charge in [0.05, 0.1) is 11.8 Å². The van der Waals surface area contributed by atoms with Crippen molar-refractivity contribution < 1.29 is 9.50 Å². The van der Waals surface area contributed by atoms with Gasteiger partial charge in [-0.2, -0.15) is 4.98 Å². The molecule has 1 atom stereocenters. The van der Waals surface area contributed by atoms with Crippen molar-refractivity contribution >= 4 is 11.8 Å². The lowest BCUT2D eigenvalue weighted by Gasteiger charge is -2.27. The predicted octanol–water partition coefficient (Wildman–Crippen LogP) is 0.382. The van der Waals surface area contributed by atoms with Gasteiger partial charge in [-0.1, -0.05) is 0 Å². The predicted molar refractivity (Wildman–Crippen MR) is 69.2 cm³/mol. The van der Waals surface area contributed by atoms with Crippen molar-refractivity contribution in [1.82, 2.24) is 14.9 Å². The van der Waals surface area contributed by atoms with Crippen molar-refractivity contribution in [3.8, 4) is 0 Å². The van der Waals surface area contributed by atoms with Crippen LogP contribution < -0.4 is 10.6 Å². The maximum absolute atomic E-state index is 13.4. The van der Waals surface area contributed by atoms with E-state index in [2.05, 4.69) is 20.6 Å². The Morgan fingerprint density at radius 3 is 2.72 bits per heavy atom. The second-order valence-electron chi connectivity index (χ2n) is 4.73. The molecule has 0 aromatic carbocycles. The van der Waals surface area contributed by atoms with Crippen LogP contribution in [0.3, 0.4) is 0 Å². The molecule has 1 aromatic rings. The SMILES string of the molecule is CNc1ncc(F)c(NCC(C)(O)CN(C)C)n1. The standard InChI is InChI=1S/C11H20FN5O/c1-11(18,7-17(3)4)6-15-9-8(12)5-14-10(13-2)16-9/h5,18H,6-7H2,1-4H3,(H2,13,14,15,16). The number of aromatic nitrogens is 2. The second-order valence-corrected chi connectivity index (χ2v) is 4.73. The summed E-state index contributed by atoms with van der Waals surface area (Å²) >= 11 is 0. The summed E-state index contributed by atoms with van der Waals surface area (Å²) in [6, 6.07) is 0. The largest absolute Gasteiger partial charge is 0.387 e. The van der Waals surface area contributed by atoms with Crippen LogP contribution in [0, 0.1) is 5.82 Å². The molecular formula is C11H20FN5O. The molecule has 0 aliphatic carbocycles. The first-order valence-electron chi connectivity index (χ1n) is 5.65. The van der Waals surface area contributed by atoms with Crippen LogP contribution >= 0.6 is 0 Å². The van der Waals surface area contributed by atoms with E-state index in [0.717, 1.165) is 6.20 Å². The summed E-state index contributed by atoms with van der Waals surface area (Å²) < 4.78 is 13.4. The first-order valence-corrected chi connectivity index (χ1v) is 5.65. The minimum Gasteiger partial charge on any atom is -0.387 e. The minimum absolute atomic E-state index is 0.0772. The molecule has 7 heteroatoms. The third kappa shape index (κ3) is 4.42. The van der Waals surface area contributed by atoms with Gasteiger partial charge < -0.3 is 20.6 Å². The van der Waals surface area contributed by atoms with Gasteiger partial charge in [-0.25, -0.2) is 9.37 Å². The highest BCUT2D eigenvalue weighted by molar-refractivity contribution is 5.41. The molecule has 0 saturated heterocycles. The van der Waals surface area contributed by atoms with E-state index < -0.39 is 11.4 Å². The normalized spacial score (nSPS) is 14.4. The Hall–Kier alpha value is -1.47. The molecule has 1 aromatic heterocycles. The van der Waals surface area contributed by atoms with Gasteiger partial charge in [0.2, 0.25) is 5.95 Å². The Bertz CT molecular complexity index is 397. The van der Waals surface area contributed by atoms with Gasteiger partial charge in [-0.05, 0) is 21.0 Å². The average molecular weight is 257 g/mol. The Labute approximate surface area is 106 Å². The summed E-state index contributed by atoms with van der Waals surface area (Å²) in [6.45, 7) is 2.34. The van der Waals surface area contributed by atoms with E-state index in [1.165, 1.54) is 0 Å². The molecule has 0 aliphatic heterocycles. The smallest absolute Gasteiger partial charge is 0.224 e. The van der Waals surface area contributed by atoms with Crippen molar-refractivity contribution in [2.24, 2.45) is 0 Å². The summed E-state index contributed by atoms with van der Waals surface area (Å²) in [5.74, 6) is -0.144. The molecule has 1 rings (SSSR count). The first-order chi connectivity index (χ1) is 8.34. The molecule has 0 amide bonds. The Morgan fingerprint density at radius 1 is 1.50 bits per heavy atom. The van der Waals surface area contributed by atoms with Gasteiger partial charge in [0.1, 0.15) is 0 Å². The lowest BCUT2D eigenvalue weighted by molar-refractivity contribution is 0.0458. The van der Waals surface area contributed by atoms with Crippen LogP contribution in [0.2, 0.25) is 0 Å². The highest BCUT2D eigenvalue weighted by Gasteiger charge is 2.22. The second kappa shape index (κ2) is 5.92. The maximum Gasteiger partial charge on any atom is 0.224 e. The number of nitrogens with one attached hydrogen (secondary N) is 2. The van der Waals surface area contributed by atoms with Gasteiger partial charge >= 0.3 is 0 Å². The quantitative estimate of drug-likeness (QED) is 0.684. The van der Waals surface area contributed by atoms with Gasteiger partial charge in [-0.3, -0.25) is 0 Å². The zero-order chi connectivity index (χ0) is 13.8. The zero-order valence-electron chi connectivity index (χ0n) is 11.2. The number of halogens is 1. The topological polar surface area (TPSA) is 73.3 Å². The summed E-state index contributed by atoms with van der Waals surface area (Å²) in [4.78, 5) is 9.54. The number of nitrogens with zero attached hydrogens (tertiary/aromatic N) is 3. The number of aliphatic hydroxyl groups is 1. The number of anilines is 2. The van der Waals surface area contributed by atoms with E-state index in [1.54, 1.807) is 14.0 Å². The van der Waals surface area contributed by atoms with Crippen molar-refractivity contribution in [2.45, 2.75) is 12.5 Å². The van der Waals surface area contributed by atoms with Crippen LogP contribution in [-0.2, 0) is 0 Å². The van der Waals surface area contributed by atoms with E-state index >= 15 is 0 Å². The van der Waals surface area contributed by atoms with Crippen LogP contribution in [0.15, 0.2) is 6.20 Å². The third-order valence-corrected chi connectivity index (χ3v) is 2.26. The zero-order valence-corrected chi connectivity index (χ0v) is 11.2. The monoisotopic (exact) mass is 257 g/mol. The molecule has 0 radical (unpaired) electrons. The molecule has 6 nitrogen and oxygen atoms in total. The molecule has 0 fully saturated rings. The number of hydrogen-bond donors (Lipinski definition) is 3. The highest BCUT2D eigenvalue weighted by Crippen LogP contribution is 2.13. The van der Waals surface area contributed by atoms with E-state index in [4.69, 9.17) is 0 Å². The van der Waals surface area contributed by atoms with Crippen LogP contribution in [-0.4, -0.2) is 59.8 Å². The number of rotatable bonds is 6. The van der Waals surface area contributed by atoms with Crippen molar-refractivity contribution in [3.05, 3.63) is 12.0 Å². The Balaban J connectivity index is 2.67. The fourth-order valence-corrected chi connectivity index (χ4v) is 1.62. The van der Waals surface area contributed by atoms with Crippen LogP contribution in [0.1, 0.15) is 6.92 Å². The van der Waals surface area contributed by atoms with Crippen molar-refractivity contribution in [1.29, 1.82) is 0 Å². The lowest BCUT2D eigenvalue weighted by Crippen LogP contribution is -2.43. The van der Waals surface area contributed by atoms with E-state index in [0.29, 0.717) is 12.5 Å². The highest BCUT2D eigenvalue weighted by atomic mass is 19.1. The summed E-state index contributed by atoms with van der Waals surface area (Å²) in [7, 11) is 5.37. The molecular weight excluding hydrogens is 237 g/mol. The van der Waals surface area contributed by atoms with Crippen molar-refractivity contribution in [2.75, 3.05) is 44.9 Å². The molecule has 0 spiro atoms. The fraction of sp³-hybridized carbons (Fsp3) is 0.636. The summed E-state index contributed by atoms with van der Waals surface area (Å²) in [5.41, 5.74) is -0.972. The molecule has 0 aliphatic rings. The third-order valence-electron chi connectivity index (χ3n) is 2.26. The molecule has 3 N–H and O–H groups in total. The van der Waals surface area contributed by atoms with Gasteiger partial charge in [-0.15, -0.1) is 0 Å². The summed E-state index contributed by atoms with van der Waals surface area (Å²) in [5, 5.41) is 15.6. The van der Waals surface area contributed by atoms with Crippen LogP contribution in [0.25, 0.3) is 0 Å². The molecule has 1 heterocycles. The van der Waals surface area contributed by atoms with Crippen LogP contribution in [0.5, 0.6) is 0 Å². The average Bonchev–Trinajstić information content (AvgIpc) is 2.26. The van der Waals surface area contributed by atoms with Gasteiger partial charge in [0.25, 0.3) is 0 Å². The molecule has 1 unspecified atom stereocenters. The Morgan fingerprint density at radius 2 is 2.17 bits per heavy atom. The van der Waals surface area contributed by atoms with E-state index in [-0.39, 0.29) is 12.4 Å². The van der Waals surface area contributed by atoms with E-state index in [9.17, 15) is 9.50 Å². The molecule has 102 valence electrons. The van der Waals surface area contributed by atoms with Gasteiger partial charge in [0.15, 0.2) is 11.6 Å². The number of likely N-dealkylation sites (N-methyl/N-ethyl adjacent to an activating group) is 1. The van der Waals surface area contributed by atoms with E-state index in [1.807, 2.05) is 19.0 Å². The maximum atomic E-state index is 13.4. The fourth-order valence-electron chi connectivity index (χ4n) is 1.62. The first kappa shape index (κ1) is 14.6. The molecule has 0 saturated carbocycles. The minimum atomic E-state index is -0.972. The number of hydrogen-bond acceptors (Lipinski definition) is 6.